The second-order valence-corrected chi connectivity index (χ2v) is 6.53. The molecule has 2 bridgehead atoms. The summed E-state index contributed by atoms with van der Waals surface area (Å²) in [6.45, 7) is 0. The van der Waals surface area contributed by atoms with Crippen molar-refractivity contribution in [3.05, 3.63) is 33.6 Å². The summed E-state index contributed by atoms with van der Waals surface area (Å²) in [5, 5.41) is 0.668. The molecule has 2 N–H and O–H groups in total. The Balaban J connectivity index is 2.02. The first kappa shape index (κ1) is 12.7. The fourth-order valence-corrected chi connectivity index (χ4v) is 4.24. The van der Waals surface area contributed by atoms with Crippen molar-refractivity contribution in [1.82, 2.24) is 0 Å². The highest BCUT2D eigenvalue weighted by Gasteiger charge is 2.49. The summed E-state index contributed by atoms with van der Waals surface area (Å²) in [5.41, 5.74) is 6.81. The van der Waals surface area contributed by atoms with E-state index in [0.29, 0.717) is 10.6 Å². The molecule has 0 aliphatic heterocycles. The topological polar surface area (TPSA) is 26.0 Å². The van der Waals surface area contributed by atoms with Crippen LogP contribution in [-0.4, -0.2) is 0 Å². The van der Waals surface area contributed by atoms with Crippen LogP contribution in [0, 0.1) is 17.2 Å². The van der Waals surface area contributed by atoms with Crippen LogP contribution in [-0.2, 0) is 0 Å². The van der Waals surface area contributed by atoms with Gasteiger partial charge in [-0.2, -0.15) is 0 Å². The molecule has 18 heavy (non-hydrogen) atoms. The molecule has 0 heterocycles. The number of benzene rings is 1. The normalized spacial score (nSPS) is 31.9. The zero-order chi connectivity index (χ0) is 12.9. The molecule has 2 aliphatic rings. The Morgan fingerprint density at radius 1 is 1.28 bits per heavy atom. The minimum absolute atomic E-state index is 0.0415. The third-order valence-corrected chi connectivity index (χ3v) is 5.67. The van der Waals surface area contributed by atoms with Crippen molar-refractivity contribution in [2.24, 2.45) is 17.1 Å². The number of fused-ring (bicyclic) bond motifs is 2. The van der Waals surface area contributed by atoms with Gasteiger partial charge >= 0.3 is 0 Å². The average Bonchev–Trinajstić information content (AvgIpc) is 2.96. The van der Waals surface area contributed by atoms with Gasteiger partial charge in [-0.1, -0.05) is 23.2 Å². The standard InChI is InChI=1S/C14H16Cl2FN/c15-9-1-2-10(17)11(12(9)16)13(18)14-5-3-8(7-14)4-6-14/h1-2,8,13H,3-7,18H2/t8?,13-,14?/m1/s1. The van der Waals surface area contributed by atoms with Gasteiger partial charge in [0, 0.05) is 11.6 Å². The van der Waals surface area contributed by atoms with Gasteiger partial charge in [-0.3, -0.25) is 0 Å². The first-order chi connectivity index (χ1) is 8.53. The summed E-state index contributed by atoms with van der Waals surface area (Å²) in [6, 6.07) is 2.51. The van der Waals surface area contributed by atoms with Gasteiger partial charge in [-0.25, -0.2) is 4.39 Å². The highest BCUT2D eigenvalue weighted by Crippen LogP contribution is 2.60. The fourth-order valence-electron chi connectivity index (χ4n) is 3.81. The van der Waals surface area contributed by atoms with E-state index in [9.17, 15) is 4.39 Å². The number of hydrogen-bond donors (Lipinski definition) is 1. The lowest BCUT2D eigenvalue weighted by Gasteiger charge is -2.34. The molecule has 2 saturated carbocycles. The summed E-state index contributed by atoms with van der Waals surface area (Å²) >= 11 is 12.1. The highest BCUT2D eigenvalue weighted by atomic mass is 35.5. The monoisotopic (exact) mass is 287 g/mol. The van der Waals surface area contributed by atoms with E-state index in [2.05, 4.69) is 0 Å². The first-order valence-electron chi connectivity index (χ1n) is 6.42. The highest BCUT2D eigenvalue weighted by molar-refractivity contribution is 6.42. The van der Waals surface area contributed by atoms with Crippen LogP contribution in [0.5, 0.6) is 0 Å². The Kier molecular flexibility index (Phi) is 3.08. The van der Waals surface area contributed by atoms with E-state index in [1.165, 1.54) is 25.0 Å². The molecule has 0 radical (unpaired) electrons. The second-order valence-electron chi connectivity index (χ2n) is 5.74. The molecule has 0 unspecified atom stereocenters. The maximum Gasteiger partial charge on any atom is 0.129 e. The summed E-state index contributed by atoms with van der Waals surface area (Å²) in [5.74, 6) is 0.443. The first-order valence-corrected chi connectivity index (χ1v) is 7.18. The van der Waals surface area contributed by atoms with Crippen molar-refractivity contribution in [3.8, 4) is 0 Å². The minimum Gasteiger partial charge on any atom is -0.323 e. The lowest BCUT2D eigenvalue weighted by Crippen LogP contribution is -2.32. The fraction of sp³-hybridized carbons (Fsp3) is 0.571. The van der Waals surface area contributed by atoms with Crippen molar-refractivity contribution in [1.29, 1.82) is 0 Å². The van der Waals surface area contributed by atoms with Gasteiger partial charge in [0.15, 0.2) is 0 Å². The molecule has 2 fully saturated rings. The Hall–Kier alpha value is -0.310. The third kappa shape index (κ3) is 1.77. The molecular weight excluding hydrogens is 272 g/mol. The zero-order valence-corrected chi connectivity index (χ0v) is 11.6. The zero-order valence-electron chi connectivity index (χ0n) is 10.1. The average molecular weight is 288 g/mol. The minimum atomic E-state index is -0.337. The summed E-state index contributed by atoms with van der Waals surface area (Å²) in [7, 11) is 0. The SMILES string of the molecule is N[C@H](c1c(F)ccc(Cl)c1Cl)C12CCC(CC1)C2. The lowest BCUT2D eigenvalue weighted by molar-refractivity contribution is 0.229. The van der Waals surface area contributed by atoms with Crippen molar-refractivity contribution in [2.45, 2.75) is 38.1 Å². The second kappa shape index (κ2) is 4.36. The van der Waals surface area contributed by atoms with E-state index in [1.54, 1.807) is 0 Å². The lowest BCUT2D eigenvalue weighted by atomic mass is 9.75. The molecule has 1 aromatic rings. The molecule has 4 heteroatoms. The van der Waals surface area contributed by atoms with E-state index in [-0.39, 0.29) is 22.3 Å². The van der Waals surface area contributed by atoms with E-state index in [4.69, 9.17) is 28.9 Å². The molecule has 98 valence electrons. The maximum absolute atomic E-state index is 14.0. The Bertz CT molecular complexity index is 481. The van der Waals surface area contributed by atoms with E-state index >= 15 is 0 Å². The van der Waals surface area contributed by atoms with Crippen LogP contribution < -0.4 is 5.73 Å². The van der Waals surface area contributed by atoms with Gasteiger partial charge in [0.2, 0.25) is 0 Å². The molecular formula is C14H16Cl2FN. The number of rotatable bonds is 2. The van der Waals surface area contributed by atoms with Gasteiger partial charge in [0.05, 0.1) is 10.0 Å². The van der Waals surface area contributed by atoms with Crippen LogP contribution in [0.15, 0.2) is 12.1 Å². The van der Waals surface area contributed by atoms with Crippen LogP contribution in [0.2, 0.25) is 10.0 Å². The molecule has 3 rings (SSSR count). The smallest absolute Gasteiger partial charge is 0.129 e. The summed E-state index contributed by atoms with van der Waals surface area (Å²) in [6.07, 6.45) is 5.71. The summed E-state index contributed by atoms with van der Waals surface area (Å²) in [4.78, 5) is 0. The van der Waals surface area contributed by atoms with Crippen molar-refractivity contribution < 1.29 is 4.39 Å². The number of hydrogen-bond acceptors (Lipinski definition) is 1. The van der Waals surface area contributed by atoms with Gasteiger partial charge < -0.3 is 5.73 Å². The Morgan fingerprint density at radius 2 is 1.94 bits per heavy atom. The predicted octanol–water partition coefficient (Wildman–Crippen LogP) is 4.71. The van der Waals surface area contributed by atoms with Crippen LogP contribution in [0.1, 0.15) is 43.7 Å². The molecule has 0 saturated heterocycles. The van der Waals surface area contributed by atoms with Gasteiger partial charge in [0.1, 0.15) is 5.82 Å². The molecule has 0 aromatic heterocycles. The Labute approximate surface area is 116 Å². The third-order valence-electron chi connectivity index (χ3n) is 4.85. The quantitative estimate of drug-likeness (QED) is 0.783. The predicted molar refractivity (Wildman–Crippen MR) is 72.4 cm³/mol. The number of nitrogens with two attached hydrogens (primary N) is 1. The number of halogens is 3. The van der Waals surface area contributed by atoms with Crippen LogP contribution in [0.4, 0.5) is 4.39 Å². The molecule has 1 nitrogen and oxygen atoms in total. The van der Waals surface area contributed by atoms with Crippen molar-refractivity contribution in [2.75, 3.05) is 0 Å². The van der Waals surface area contributed by atoms with Crippen LogP contribution >= 0.6 is 23.2 Å². The maximum atomic E-state index is 14.0. The van der Waals surface area contributed by atoms with E-state index in [0.717, 1.165) is 25.2 Å². The van der Waals surface area contributed by atoms with Gasteiger partial charge in [-0.05, 0) is 55.6 Å². The van der Waals surface area contributed by atoms with E-state index in [1.807, 2.05) is 0 Å². The molecule has 0 amide bonds. The van der Waals surface area contributed by atoms with Gasteiger partial charge in [-0.15, -0.1) is 0 Å². The van der Waals surface area contributed by atoms with Crippen LogP contribution in [0.25, 0.3) is 0 Å². The largest absolute Gasteiger partial charge is 0.323 e. The molecule has 2 aliphatic carbocycles. The van der Waals surface area contributed by atoms with E-state index < -0.39 is 0 Å². The molecule has 0 spiro atoms. The van der Waals surface area contributed by atoms with Crippen molar-refractivity contribution in [3.63, 3.8) is 0 Å². The van der Waals surface area contributed by atoms with Gasteiger partial charge in [0.25, 0.3) is 0 Å². The Morgan fingerprint density at radius 3 is 2.50 bits per heavy atom. The summed E-state index contributed by atoms with van der Waals surface area (Å²) < 4.78 is 14.0. The molecule has 1 aromatic carbocycles. The van der Waals surface area contributed by atoms with Crippen LogP contribution in [0.3, 0.4) is 0 Å². The van der Waals surface area contributed by atoms with Crippen molar-refractivity contribution >= 4 is 23.2 Å². The molecule has 1 atom stereocenters.